The molecule has 1 heteroatoms. The Morgan fingerprint density at radius 3 is 2.41 bits per heavy atom. The van der Waals surface area contributed by atoms with Gasteiger partial charge in [-0.2, -0.15) is 0 Å². The first-order valence-electron chi connectivity index (χ1n) is 6.58. The van der Waals surface area contributed by atoms with Crippen LogP contribution in [0.3, 0.4) is 0 Å². The maximum atomic E-state index is 3.62. The third-order valence-corrected chi connectivity index (χ3v) is 3.01. The Bertz CT molecular complexity index is 336. The summed E-state index contributed by atoms with van der Waals surface area (Å²) in [6.45, 7) is 9.91. The van der Waals surface area contributed by atoms with Crippen LogP contribution in [-0.4, -0.2) is 12.6 Å². The minimum absolute atomic E-state index is 0.433. The molecule has 0 saturated carbocycles. The Hall–Kier alpha value is -1.08. The van der Waals surface area contributed by atoms with Crippen LogP contribution in [0.5, 0.6) is 0 Å². The first kappa shape index (κ1) is 14.0. The van der Waals surface area contributed by atoms with E-state index in [1.165, 1.54) is 17.6 Å². The van der Waals surface area contributed by atoms with E-state index in [9.17, 15) is 0 Å². The highest BCUT2D eigenvalue weighted by Gasteiger charge is 2.15. The van der Waals surface area contributed by atoms with Crippen LogP contribution in [0.2, 0.25) is 0 Å². The average molecular weight is 231 g/mol. The minimum atomic E-state index is 0.433. The van der Waals surface area contributed by atoms with Gasteiger partial charge in [-0.15, -0.1) is 0 Å². The van der Waals surface area contributed by atoms with Crippen LogP contribution in [0, 0.1) is 0 Å². The van der Waals surface area contributed by atoms with Crippen molar-refractivity contribution >= 4 is 0 Å². The van der Waals surface area contributed by atoms with Gasteiger partial charge >= 0.3 is 0 Å². The van der Waals surface area contributed by atoms with Gasteiger partial charge in [0.2, 0.25) is 0 Å². The zero-order chi connectivity index (χ0) is 12.7. The Labute approximate surface area is 106 Å². The lowest BCUT2D eigenvalue weighted by molar-refractivity contribution is 0.518. The second kappa shape index (κ2) is 7.29. The molecule has 1 aromatic carbocycles. The van der Waals surface area contributed by atoms with Crippen LogP contribution in [0.1, 0.15) is 45.6 Å². The molecular formula is C16H25N. The summed E-state index contributed by atoms with van der Waals surface area (Å²) in [6, 6.07) is 11.2. The Morgan fingerprint density at radius 2 is 1.88 bits per heavy atom. The molecule has 0 spiro atoms. The van der Waals surface area contributed by atoms with Gasteiger partial charge in [0, 0.05) is 6.04 Å². The smallest absolute Gasteiger partial charge is 0.0318 e. The zero-order valence-corrected chi connectivity index (χ0v) is 11.5. The molecular weight excluding hydrogens is 206 g/mol. The van der Waals surface area contributed by atoms with Crippen molar-refractivity contribution in [1.82, 2.24) is 5.32 Å². The second-order valence-corrected chi connectivity index (χ2v) is 4.92. The standard InChI is InChI=1S/C16H25N/c1-5-11-17-16(12-13(2)3)14(4)15-9-7-6-8-10-15/h6-10,12,14,16-17H,5,11H2,1-4H3. The van der Waals surface area contributed by atoms with Gasteiger partial charge in [0.05, 0.1) is 0 Å². The quantitative estimate of drug-likeness (QED) is 0.726. The maximum absolute atomic E-state index is 3.62. The topological polar surface area (TPSA) is 12.0 Å². The summed E-state index contributed by atoms with van der Waals surface area (Å²) < 4.78 is 0. The van der Waals surface area contributed by atoms with E-state index in [4.69, 9.17) is 0 Å². The predicted molar refractivity (Wildman–Crippen MR) is 76.4 cm³/mol. The van der Waals surface area contributed by atoms with Gasteiger partial charge in [-0.3, -0.25) is 0 Å². The lowest BCUT2D eigenvalue weighted by Crippen LogP contribution is -2.32. The van der Waals surface area contributed by atoms with Crippen molar-refractivity contribution in [1.29, 1.82) is 0 Å². The maximum Gasteiger partial charge on any atom is 0.0318 e. The Kier molecular flexibility index (Phi) is 5.99. The van der Waals surface area contributed by atoms with Crippen molar-refractivity contribution < 1.29 is 0 Å². The molecule has 0 bridgehead atoms. The van der Waals surface area contributed by atoms with E-state index in [1.807, 2.05) is 0 Å². The molecule has 0 aromatic heterocycles. The molecule has 94 valence electrons. The average Bonchev–Trinajstić information content (AvgIpc) is 2.34. The Balaban J connectivity index is 2.79. The van der Waals surface area contributed by atoms with E-state index in [2.05, 4.69) is 69.4 Å². The molecule has 0 amide bonds. The first-order valence-corrected chi connectivity index (χ1v) is 6.58. The number of hydrogen-bond acceptors (Lipinski definition) is 1. The van der Waals surface area contributed by atoms with Gasteiger partial charge in [-0.25, -0.2) is 0 Å². The molecule has 1 rings (SSSR count). The van der Waals surface area contributed by atoms with Gasteiger partial charge in [0.25, 0.3) is 0 Å². The van der Waals surface area contributed by atoms with Crippen molar-refractivity contribution in [3.8, 4) is 0 Å². The number of allylic oxidation sites excluding steroid dienone is 1. The highest BCUT2D eigenvalue weighted by Crippen LogP contribution is 2.20. The molecule has 1 N–H and O–H groups in total. The number of hydrogen-bond donors (Lipinski definition) is 1. The molecule has 0 radical (unpaired) electrons. The second-order valence-electron chi connectivity index (χ2n) is 4.92. The van der Waals surface area contributed by atoms with Gasteiger partial charge in [0.1, 0.15) is 0 Å². The third-order valence-electron chi connectivity index (χ3n) is 3.01. The summed E-state index contributed by atoms with van der Waals surface area (Å²) in [4.78, 5) is 0. The number of rotatable bonds is 6. The predicted octanol–water partition coefficient (Wildman–Crippen LogP) is 4.12. The minimum Gasteiger partial charge on any atom is -0.310 e. The number of benzene rings is 1. The van der Waals surface area contributed by atoms with Gasteiger partial charge < -0.3 is 5.32 Å². The lowest BCUT2D eigenvalue weighted by Gasteiger charge is -2.23. The molecule has 0 aliphatic rings. The van der Waals surface area contributed by atoms with Crippen molar-refractivity contribution in [2.24, 2.45) is 0 Å². The molecule has 1 aromatic rings. The molecule has 17 heavy (non-hydrogen) atoms. The molecule has 0 saturated heterocycles. The summed E-state index contributed by atoms with van der Waals surface area (Å²) in [5, 5.41) is 3.62. The van der Waals surface area contributed by atoms with E-state index in [0.717, 1.165) is 6.54 Å². The van der Waals surface area contributed by atoms with Crippen molar-refractivity contribution in [2.75, 3.05) is 6.54 Å². The fourth-order valence-corrected chi connectivity index (χ4v) is 2.01. The van der Waals surface area contributed by atoms with E-state index in [0.29, 0.717) is 12.0 Å². The number of nitrogens with one attached hydrogen (secondary N) is 1. The van der Waals surface area contributed by atoms with Gasteiger partial charge in [-0.05, 0) is 38.3 Å². The monoisotopic (exact) mass is 231 g/mol. The first-order chi connectivity index (χ1) is 8.15. The van der Waals surface area contributed by atoms with Gasteiger partial charge in [0.15, 0.2) is 0 Å². The Morgan fingerprint density at radius 1 is 1.24 bits per heavy atom. The fourth-order valence-electron chi connectivity index (χ4n) is 2.01. The SMILES string of the molecule is CCCNC(C=C(C)C)C(C)c1ccccc1. The molecule has 1 nitrogen and oxygen atoms in total. The van der Waals surface area contributed by atoms with E-state index >= 15 is 0 Å². The van der Waals surface area contributed by atoms with Gasteiger partial charge in [-0.1, -0.05) is 55.8 Å². The van der Waals surface area contributed by atoms with Crippen LogP contribution >= 0.6 is 0 Å². The normalized spacial score (nSPS) is 14.1. The third kappa shape index (κ3) is 4.74. The van der Waals surface area contributed by atoms with E-state index in [1.54, 1.807) is 0 Å². The molecule has 2 unspecified atom stereocenters. The highest BCUT2D eigenvalue weighted by molar-refractivity contribution is 5.23. The zero-order valence-electron chi connectivity index (χ0n) is 11.5. The molecule has 0 heterocycles. The van der Waals surface area contributed by atoms with Crippen LogP contribution in [0.4, 0.5) is 0 Å². The van der Waals surface area contributed by atoms with Crippen molar-refractivity contribution in [2.45, 2.75) is 46.1 Å². The highest BCUT2D eigenvalue weighted by atomic mass is 14.9. The summed E-state index contributed by atoms with van der Waals surface area (Å²) >= 11 is 0. The summed E-state index contributed by atoms with van der Waals surface area (Å²) in [5.41, 5.74) is 2.78. The molecule has 0 fully saturated rings. The summed E-state index contributed by atoms with van der Waals surface area (Å²) in [7, 11) is 0. The van der Waals surface area contributed by atoms with Crippen LogP contribution in [-0.2, 0) is 0 Å². The molecule has 0 aliphatic carbocycles. The fraction of sp³-hybridized carbons (Fsp3) is 0.500. The lowest BCUT2D eigenvalue weighted by atomic mass is 9.92. The molecule has 0 aliphatic heterocycles. The van der Waals surface area contributed by atoms with E-state index < -0.39 is 0 Å². The van der Waals surface area contributed by atoms with Crippen molar-refractivity contribution in [3.63, 3.8) is 0 Å². The van der Waals surface area contributed by atoms with Crippen LogP contribution in [0.25, 0.3) is 0 Å². The summed E-state index contributed by atoms with van der Waals surface area (Å²) in [5.74, 6) is 0.512. The summed E-state index contributed by atoms with van der Waals surface area (Å²) in [6.07, 6.45) is 3.52. The van der Waals surface area contributed by atoms with Crippen molar-refractivity contribution in [3.05, 3.63) is 47.5 Å². The molecule has 2 atom stereocenters. The van der Waals surface area contributed by atoms with Crippen LogP contribution < -0.4 is 5.32 Å². The largest absolute Gasteiger partial charge is 0.310 e. The van der Waals surface area contributed by atoms with E-state index in [-0.39, 0.29) is 0 Å². The van der Waals surface area contributed by atoms with Crippen LogP contribution in [0.15, 0.2) is 42.0 Å².